The van der Waals surface area contributed by atoms with Crippen molar-refractivity contribution < 1.29 is 17.9 Å². The number of sulfonamides is 1. The number of carbonyl (C=O) groups is 1. The number of nitrogens with one attached hydrogen (secondary N) is 1. The summed E-state index contributed by atoms with van der Waals surface area (Å²) < 4.78 is 32.5. The van der Waals surface area contributed by atoms with Crippen molar-refractivity contribution in [3.05, 3.63) is 65.2 Å². The van der Waals surface area contributed by atoms with Crippen LogP contribution in [0.3, 0.4) is 0 Å². The molecule has 0 saturated carbocycles. The molecule has 10 heteroatoms. The molecule has 0 aliphatic carbocycles. The van der Waals surface area contributed by atoms with Crippen molar-refractivity contribution in [3.63, 3.8) is 0 Å². The largest absolute Gasteiger partial charge is 0.497 e. The fourth-order valence-electron chi connectivity index (χ4n) is 3.51. The van der Waals surface area contributed by atoms with E-state index in [1.54, 1.807) is 12.1 Å². The molecule has 8 nitrogen and oxygen atoms in total. The van der Waals surface area contributed by atoms with E-state index in [9.17, 15) is 13.2 Å². The molecule has 0 unspecified atom stereocenters. The number of carbonyl (C=O) groups excluding carboxylic acids is 1. The third kappa shape index (κ3) is 4.76. The quantitative estimate of drug-likeness (QED) is 0.584. The lowest BCUT2D eigenvalue weighted by Crippen LogP contribution is -2.43. The molecule has 4 rings (SSSR count). The van der Waals surface area contributed by atoms with Gasteiger partial charge in [0.05, 0.1) is 12.0 Å². The van der Waals surface area contributed by atoms with Gasteiger partial charge in [-0.3, -0.25) is 10.1 Å². The molecule has 0 bridgehead atoms. The van der Waals surface area contributed by atoms with Crippen molar-refractivity contribution in [2.24, 2.45) is 0 Å². The Balaban J connectivity index is 1.45. The first-order valence-corrected chi connectivity index (χ1v) is 12.1. The number of hydrogen-bond acceptors (Lipinski definition) is 7. The summed E-state index contributed by atoms with van der Waals surface area (Å²) in [5.41, 5.74) is 1.10. The molecular formula is C21H22N4O4S2. The average Bonchev–Trinajstić information content (AvgIpc) is 3.45. The standard InChI is InChI=1S/C21H22N4O4S2/c1-29-16-9-11-17(12-10-16)31(27,28)25-13-5-8-18(25)20(26)22-21-24-23-19(30-21)14-15-6-3-2-4-7-15/h2-4,6-7,9-12,18H,5,8,13-14H2,1H3,(H,22,24,26)/t18-/m0/s1. The Labute approximate surface area is 184 Å². The summed E-state index contributed by atoms with van der Waals surface area (Å²) in [6, 6.07) is 15.2. The van der Waals surface area contributed by atoms with E-state index in [0.717, 1.165) is 10.6 Å². The van der Waals surface area contributed by atoms with Crippen LogP contribution in [0, 0.1) is 0 Å². The molecular weight excluding hydrogens is 436 g/mol. The van der Waals surface area contributed by atoms with Crippen LogP contribution in [0.15, 0.2) is 59.5 Å². The highest BCUT2D eigenvalue weighted by atomic mass is 32.2. The van der Waals surface area contributed by atoms with Crippen LogP contribution in [0.25, 0.3) is 0 Å². The van der Waals surface area contributed by atoms with Crippen LogP contribution in [0.2, 0.25) is 0 Å². The first kappa shape index (κ1) is 21.4. The molecule has 1 saturated heterocycles. The van der Waals surface area contributed by atoms with Gasteiger partial charge in [-0.2, -0.15) is 4.31 Å². The van der Waals surface area contributed by atoms with Crippen LogP contribution in [0.5, 0.6) is 5.75 Å². The van der Waals surface area contributed by atoms with Gasteiger partial charge < -0.3 is 4.74 Å². The van der Waals surface area contributed by atoms with E-state index in [4.69, 9.17) is 4.74 Å². The van der Waals surface area contributed by atoms with E-state index in [-0.39, 0.29) is 4.90 Å². The maximum absolute atomic E-state index is 13.1. The van der Waals surface area contributed by atoms with E-state index in [1.807, 2.05) is 30.3 Å². The minimum absolute atomic E-state index is 0.133. The van der Waals surface area contributed by atoms with Gasteiger partial charge in [-0.25, -0.2) is 8.42 Å². The fraction of sp³-hybridized carbons (Fsp3) is 0.286. The van der Waals surface area contributed by atoms with Crippen molar-refractivity contribution in [1.82, 2.24) is 14.5 Å². The zero-order valence-corrected chi connectivity index (χ0v) is 18.5. The van der Waals surface area contributed by atoms with Gasteiger partial charge in [0, 0.05) is 13.0 Å². The first-order valence-electron chi connectivity index (χ1n) is 9.80. The lowest BCUT2D eigenvalue weighted by Gasteiger charge is -2.23. The fourth-order valence-corrected chi connectivity index (χ4v) is 5.94. The highest BCUT2D eigenvalue weighted by Gasteiger charge is 2.39. The molecule has 0 spiro atoms. The van der Waals surface area contributed by atoms with Gasteiger partial charge in [-0.1, -0.05) is 41.7 Å². The van der Waals surface area contributed by atoms with Gasteiger partial charge in [0.2, 0.25) is 21.1 Å². The highest BCUT2D eigenvalue weighted by Crippen LogP contribution is 2.28. The molecule has 162 valence electrons. The van der Waals surface area contributed by atoms with E-state index in [2.05, 4.69) is 15.5 Å². The maximum Gasteiger partial charge on any atom is 0.244 e. The van der Waals surface area contributed by atoms with Gasteiger partial charge in [0.15, 0.2) is 0 Å². The van der Waals surface area contributed by atoms with Crippen LogP contribution in [0.4, 0.5) is 5.13 Å². The third-order valence-corrected chi connectivity index (χ3v) is 7.83. The third-order valence-electron chi connectivity index (χ3n) is 5.07. The lowest BCUT2D eigenvalue weighted by molar-refractivity contribution is -0.119. The summed E-state index contributed by atoms with van der Waals surface area (Å²) in [5.74, 6) is 0.175. The summed E-state index contributed by atoms with van der Waals surface area (Å²) in [5, 5.41) is 12.1. The Hall–Kier alpha value is -2.82. The second-order valence-electron chi connectivity index (χ2n) is 7.10. The molecule has 2 heterocycles. The molecule has 1 fully saturated rings. The molecule has 1 atom stereocenters. The number of nitrogens with zero attached hydrogens (tertiary/aromatic N) is 3. The molecule has 1 amide bonds. The number of methoxy groups -OCH3 is 1. The Morgan fingerprint density at radius 1 is 1.16 bits per heavy atom. The Morgan fingerprint density at radius 2 is 1.90 bits per heavy atom. The summed E-state index contributed by atoms with van der Waals surface area (Å²) in [6.07, 6.45) is 1.69. The van der Waals surface area contributed by atoms with Crippen LogP contribution in [-0.4, -0.2) is 48.5 Å². The first-order chi connectivity index (χ1) is 15.0. The Morgan fingerprint density at radius 3 is 2.61 bits per heavy atom. The summed E-state index contributed by atoms with van der Waals surface area (Å²) in [6.45, 7) is 0.293. The van der Waals surface area contributed by atoms with Crippen LogP contribution < -0.4 is 10.1 Å². The Bertz CT molecular complexity index is 1150. The summed E-state index contributed by atoms with van der Waals surface area (Å²) in [4.78, 5) is 13.0. The second kappa shape index (κ2) is 9.13. The Kier molecular flexibility index (Phi) is 6.30. The molecule has 1 N–H and O–H groups in total. The number of rotatable bonds is 7. The summed E-state index contributed by atoms with van der Waals surface area (Å²) >= 11 is 1.29. The predicted molar refractivity (Wildman–Crippen MR) is 118 cm³/mol. The number of hydrogen-bond donors (Lipinski definition) is 1. The van der Waals surface area contributed by atoms with E-state index < -0.39 is 22.0 Å². The van der Waals surface area contributed by atoms with Crippen molar-refractivity contribution in [2.75, 3.05) is 19.0 Å². The van der Waals surface area contributed by atoms with Crippen molar-refractivity contribution in [3.8, 4) is 5.75 Å². The molecule has 0 radical (unpaired) electrons. The average molecular weight is 459 g/mol. The van der Waals surface area contributed by atoms with Gasteiger partial charge in [0.1, 0.15) is 16.8 Å². The number of aromatic nitrogens is 2. The van der Waals surface area contributed by atoms with E-state index in [0.29, 0.717) is 36.7 Å². The molecule has 31 heavy (non-hydrogen) atoms. The van der Waals surface area contributed by atoms with Crippen LogP contribution in [0.1, 0.15) is 23.4 Å². The zero-order valence-electron chi connectivity index (χ0n) is 16.9. The molecule has 1 aliphatic heterocycles. The van der Waals surface area contributed by atoms with Gasteiger partial charge in [-0.15, -0.1) is 10.2 Å². The topological polar surface area (TPSA) is 101 Å². The summed E-state index contributed by atoms with van der Waals surface area (Å²) in [7, 11) is -2.28. The van der Waals surface area contributed by atoms with E-state index in [1.165, 1.54) is 34.9 Å². The number of amides is 1. The predicted octanol–water partition coefficient (Wildman–Crippen LogP) is 2.93. The molecule has 1 aromatic heterocycles. The minimum Gasteiger partial charge on any atom is -0.497 e. The molecule has 3 aromatic rings. The maximum atomic E-state index is 13.1. The van der Waals surface area contributed by atoms with Gasteiger partial charge >= 0.3 is 0 Å². The minimum atomic E-state index is -3.80. The second-order valence-corrected chi connectivity index (χ2v) is 10.1. The number of ether oxygens (including phenoxy) is 1. The SMILES string of the molecule is COc1ccc(S(=O)(=O)N2CCC[C@H]2C(=O)Nc2nnc(Cc3ccccc3)s2)cc1. The highest BCUT2D eigenvalue weighted by molar-refractivity contribution is 7.89. The van der Waals surface area contributed by atoms with E-state index >= 15 is 0 Å². The van der Waals surface area contributed by atoms with Crippen molar-refractivity contribution in [2.45, 2.75) is 30.2 Å². The number of benzene rings is 2. The van der Waals surface area contributed by atoms with Crippen LogP contribution >= 0.6 is 11.3 Å². The van der Waals surface area contributed by atoms with Gasteiger partial charge in [-0.05, 0) is 42.7 Å². The normalized spacial score (nSPS) is 16.9. The van der Waals surface area contributed by atoms with Crippen LogP contribution in [-0.2, 0) is 21.2 Å². The smallest absolute Gasteiger partial charge is 0.244 e. The molecule has 2 aromatic carbocycles. The van der Waals surface area contributed by atoms with Crippen molar-refractivity contribution in [1.29, 1.82) is 0 Å². The van der Waals surface area contributed by atoms with Gasteiger partial charge in [0.25, 0.3) is 0 Å². The molecule has 1 aliphatic rings. The number of anilines is 1. The lowest BCUT2D eigenvalue weighted by atomic mass is 10.2. The zero-order chi connectivity index (χ0) is 21.8. The van der Waals surface area contributed by atoms with Crippen molar-refractivity contribution >= 4 is 32.4 Å². The monoisotopic (exact) mass is 458 g/mol.